The number of rotatable bonds is 6. The molecule has 5 heteroatoms. The summed E-state index contributed by atoms with van der Waals surface area (Å²) in [6, 6.07) is 14.6. The molecule has 0 saturated heterocycles. The Balaban J connectivity index is 1.93. The summed E-state index contributed by atoms with van der Waals surface area (Å²) in [5, 5.41) is 3.30. The van der Waals surface area contributed by atoms with Crippen LogP contribution < -0.4 is 14.8 Å². The molecule has 0 fully saturated rings. The molecule has 4 nitrogen and oxygen atoms in total. The van der Waals surface area contributed by atoms with Crippen LogP contribution in [0.25, 0.3) is 0 Å². The van der Waals surface area contributed by atoms with Crippen LogP contribution in [0, 0.1) is 0 Å². The Bertz CT molecular complexity index is 645. The van der Waals surface area contributed by atoms with Gasteiger partial charge in [0.15, 0.2) is 6.10 Å². The number of methoxy groups -OCH3 is 1. The maximum absolute atomic E-state index is 12.1. The summed E-state index contributed by atoms with van der Waals surface area (Å²) in [5.74, 6) is 1.01. The highest BCUT2D eigenvalue weighted by Gasteiger charge is 2.16. The number of ether oxygens (including phenoxy) is 2. The van der Waals surface area contributed by atoms with Crippen LogP contribution in [0.15, 0.2) is 48.5 Å². The predicted octanol–water partition coefficient (Wildman–Crippen LogP) is 3.43. The predicted molar refractivity (Wildman–Crippen MR) is 86.4 cm³/mol. The first-order valence-electron chi connectivity index (χ1n) is 6.92. The Morgan fingerprint density at radius 2 is 1.77 bits per heavy atom. The number of benzene rings is 2. The lowest BCUT2D eigenvalue weighted by molar-refractivity contribution is -0.127. The van der Waals surface area contributed by atoms with Crippen molar-refractivity contribution >= 4 is 17.5 Å². The van der Waals surface area contributed by atoms with Gasteiger partial charge in [-0.15, -0.1) is 0 Å². The lowest BCUT2D eigenvalue weighted by Gasteiger charge is -2.16. The lowest BCUT2D eigenvalue weighted by Crippen LogP contribution is -2.36. The van der Waals surface area contributed by atoms with Crippen molar-refractivity contribution in [3.63, 3.8) is 0 Å². The van der Waals surface area contributed by atoms with Crippen molar-refractivity contribution in [3.05, 3.63) is 59.1 Å². The Morgan fingerprint density at radius 3 is 2.45 bits per heavy atom. The Labute approximate surface area is 135 Å². The third kappa shape index (κ3) is 4.15. The van der Waals surface area contributed by atoms with Crippen LogP contribution in [0.1, 0.15) is 12.5 Å². The van der Waals surface area contributed by atoms with E-state index in [4.69, 9.17) is 21.1 Å². The number of hydrogen-bond acceptors (Lipinski definition) is 3. The zero-order valence-electron chi connectivity index (χ0n) is 12.5. The first-order chi connectivity index (χ1) is 10.6. The number of halogens is 1. The van der Waals surface area contributed by atoms with E-state index in [2.05, 4.69) is 5.32 Å². The van der Waals surface area contributed by atoms with Crippen molar-refractivity contribution in [3.8, 4) is 11.5 Å². The fourth-order valence-electron chi connectivity index (χ4n) is 1.96. The topological polar surface area (TPSA) is 47.6 Å². The van der Waals surface area contributed by atoms with Crippen LogP contribution in [-0.2, 0) is 11.3 Å². The monoisotopic (exact) mass is 319 g/mol. The fraction of sp³-hybridized carbons (Fsp3) is 0.235. The van der Waals surface area contributed by atoms with E-state index in [1.165, 1.54) is 0 Å². The highest BCUT2D eigenvalue weighted by Crippen LogP contribution is 2.24. The van der Waals surface area contributed by atoms with E-state index in [1.807, 2.05) is 30.3 Å². The molecule has 2 aromatic carbocycles. The first kappa shape index (κ1) is 16.2. The number of para-hydroxylation sites is 2. The van der Waals surface area contributed by atoms with Gasteiger partial charge < -0.3 is 14.8 Å². The quantitative estimate of drug-likeness (QED) is 0.887. The number of amides is 1. The molecule has 0 unspecified atom stereocenters. The summed E-state index contributed by atoms with van der Waals surface area (Å²) in [7, 11) is 1.60. The normalized spacial score (nSPS) is 11.6. The van der Waals surface area contributed by atoms with Gasteiger partial charge in [0.05, 0.1) is 12.1 Å². The standard InChI is InChI=1S/C17H18ClNO3/c1-12(22-16-10-6-4-8-14(16)18)17(20)19-11-13-7-3-5-9-15(13)21-2/h3-10,12H,11H2,1-2H3,(H,19,20)/t12-/m0/s1. The molecule has 1 amide bonds. The largest absolute Gasteiger partial charge is 0.496 e. The maximum Gasteiger partial charge on any atom is 0.261 e. The van der Waals surface area contributed by atoms with Crippen molar-refractivity contribution in [1.82, 2.24) is 5.32 Å². The highest BCUT2D eigenvalue weighted by molar-refractivity contribution is 6.32. The van der Waals surface area contributed by atoms with Gasteiger partial charge in [-0.1, -0.05) is 41.9 Å². The van der Waals surface area contributed by atoms with Crippen molar-refractivity contribution in [2.75, 3.05) is 7.11 Å². The third-order valence-electron chi connectivity index (χ3n) is 3.16. The molecule has 1 N–H and O–H groups in total. The molecular formula is C17H18ClNO3. The van der Waals surface area contributed by atoms with E-state index >= 15 is 0 Å². The molecule has 0 radical (unpaired) electrons. The van der Waals surface area contributed by atoms with Gasteiger partial charge in [0, 0.05) is 12.1 Å². The molecule has 0 aromatic heterocycles. The van der Waals surface area contributed by atoms with Gasteiger partial charge in [0.25, 0.3) is 5.91 Å². The van der Waals surface area contributed by atoms with Crippen LogP contribution in [0.4, 0.5) is 0 Å². The zero-order chi connectivity index (χ0) is 15.9. The fourth-order valence-corrected chi connectivity index (χ4v) is 2.14. The average Bonchev–Trinajstić information content (AvgIpc) is 2.54. The van der Waals surface area contributed by atoms with Gasteiger partial charge >= 0.3 is 0 Å². The minimum Gasteiger partial charge on any atom is -0.496 e. The average molecular weight is 320 g/mol. The molecule has 116 valence electrons. The van der Waals surface area contributed by atoms with E-state index in [-0.39, 0.29) is 5.91 Å². The van der Waals surface area contributed by atoms with E-state index < -0.39 is 6.10 Å². The molecule has 1 atom stereocenters. The molecule has 22 heavy (non-hydrogen) atoms. The van der Waals surface area contributed by atoms with Crippen LogP contribution in [0.2, 0.25) is 5.02 Å². The number of hydrogen-bond donors (Lipinski definition) is 1. The minimum absolute atomic E-state index is 0.217. The second-order valence-electron chi connectivity index (χ2n) is 4.72. The van der Waals surface area contributed by atoms with Crippen molar-refractivity contribution in [2.24, 2.45) is 0 Å². The van der Waals surface area contributed by atoms with Gasteiger partial charge in [-0.25, -0.2) is 0 Å². The van der Waals surface area contributed by atoms with Crippen LogP contribution >= 0.6 is 11.6 Å². The molecule has 2 aromatic rings. The van der Waals surface area contributed by atoms with Crippen molar-refractivity contribution in [1.29, 1.82) is 0 Å². The van der Waals surface area contributed by atoms with Crippen molar-refractivity contribution < 1.29 is 14.3 Å². The Hall–Kier alpha value is -2.20. The summed E-state index contributed by atoms with van der Waals surface area (Å²) >= 11 is 6.01. The summed E-state index contributed by atoms with van der Waals surface area (Å²) in [5.41, 5.74) is 0.906. The van der Waals surface area contributed by atoms with Crippen molar-refractivity contribution in [2.45, 2.75) is 19.6 Å². The highest BCUT2D eigenvalue weighted by atomic mass is 35.5. The van der Waals surface area contributed by atoms with Crippen LogP contribution in [-0.4, -0.2) is 19.1 Å². The molecule has 0 aliphatic rings. The Morgan fingerprint density at radius 1 is 1.14 bits per heavy atom. The van der Waals surface area contributed by atoms with Gasteiger partial charge in [0.1, 0.15) is 11.5 Å². The number of carbonyl (C=O) groups is 1. The minimum atomic E-state index is -0.644. The number of carbonyl (C=O) groups excluding carboxylic acids is 1. The molecule has 0 heterocycles. The lowest BCUT2D eigenvalue weighted by atomic mass is 10.2. The zero-order valence-corrected chi connectivity index (χ0v) is 13.3. The van der Waals surface area contributed by atoms with Crippen LogP contribution in [0.5, 0.6) is 11.5 Å². The van der Waals surface area contributed by atoms with Crippen LogP contribution in [0.3, 0.4) is 0 Å². The van der Waals surface area contributed by atoms with Gasteiger partial charge in [-0.05, 0) is 25.1 Å². The first-order valence-corrected chi connectivity index (χ1v) is 7.30. The molecule has 2 rings (SSSR count). The second-order valence-corrected chi connectivity index (χ2v) is 5.13. The summed E-state index contributed by atoms with van der Waals surface area (Å²) in [6.45, 7) is 2.06. The van der Waals surface area contributed by atoms with E-state index in [0.29, 0.717) is 17.3 Å². The third-order valence-corrected chi connectivity index (χ3v) is 3.47. The maximum atomic E-state index is 12.1. The Kier molecular flexibility index (Phi) is 5.67. The smallest absolute Gasteiger partial charge is 0.261 e. The van der Waals surface area contributed by atoms with Gasteiger partial charge in [-0.2, -0.15) is 0 Å². The summed E-state index contributed by atoms with van der Waals surface area (Å²) in [6.07, 6.45) is -0.644. The SMILES string of the molecule is COc1ccccc1CNC(=O)[C@H](C)Oc1ccccc1Cl. The molecule has 0 aliphatic carbocycles. The molecule has 0 aliphatic heterocycles. The van der Waals surface area contributed by atoms with Gasteiger partial charge in [0.2, 0.25) is 0 Å². The summed E-state index contributed by atoms with van der Waals surface area (Å²) < 4.78 is 10.8. The molecule has 0 saturated carbocycles. The van der Waals surface area contributed by atoms with E-state index in [0.717, 1.165) is 11.3 Å². The molecular weight excluding hydrogens is 302 g/mol. The summed E-state index contributed by atoms with van der Waals surface area (Å²) in [4.78, 5) is 12.1. The second kappa shape index (κ2) is 7.71. The molecule has 0 bridgehead atoms. The van der Waals surface area contributed by atoms with Gasteiger partial charge in [-0.3, -0.25) is 4.79 Å². The number of nitrogens with one attached hydrogen (secondary N) is 1. The molecule has 0 spiro atoms. The van der Waals surface area contributed by atoms with E-state index in [9.17, 15) is 4.79 Å². The van der Waals surface area contributed by atoms with E-state index in [1.54, 1.807) is 32.2 Å².